The van der Waals surface area contributed by atoms with Gasteiger partial charge in [0.2, 0.25) is 10.0 Å². The van der Waals surface area contributed by atoms with Crippen LogP contribution in [0, 0.1) is 6.92 Å². The van der Waals surface area contributed by atoms with Crippen molar-refractivity contribution in [1.82, 2.24) is 0 Å². The molecule has 4 rings (SSSR count). The third-order valence-corrected chi connectivity index (χ3v) is 6.13. The Morgan fingerprint density at radius 3 is 2.31 bits per heavy atom. The number of aryl methyl sites for hydroxylation is 1. The summed E-state index contributed by atoms with van der Waals surface area (Å²) in [5, 5.41) is 2.81. The van der Waals surface area contributed by atoms with Crippen LogP contribution >= 0.6 is 0 Å². The van der Waals surface area contributed by atoms with Crippen LogP contribution in [0.1, 0.15) is 21.5 Å². The molecule has 0 atom stereocenters. The summed E-state index contributed by atoms with van der Waals surface area (Å²) in [6, 6.07) is 14.9. The van der Waals surface area contributed by atoms with Crippen molar-refractivity contribution in [3.63, 3.8) is 0 Å². The average Bonchev–Trinajstić information content (AvgIpc) is 2.88. The van der Waals surface area contributed by atoms with E-state index in [9.17, 15) is 13.2 Å². The number of benzene rings is 3. The van der Waals surface area contributed by atoms with Gasteiger partial charge < -0.3 is 19.5 Å². The minimum Gasteiger partial charge on any atom is -0.497 e. The fourth-order valence-electron chi connectivity index (χ4n) is 3.38. The van der Waals surface area contributed by atoms with Gasteiger partial charge in [-0.25, -0.2) is 8.42 Å². The fourth-order valence-corrected chi connectivity index (χ4v) is 4.55. The lowest BCUT2D eigenvalue weighted by Crippen LogP contribution is -2.16. The molecule has 0 radical (unpaired) electrons. The Morgan fingerprint density at radius 2 is 1.62 bits per heavy atom. The monoisotopic (exact) mass is 454 g/mol. The molecule has 1 amide bonds. The van der Waals surface area contributed by atoms with Gasteiger partial charge in [-0.2, -0.15) is 0 Å². The van der Waals surface area contributed by atoms with Gasteiger partial charge in [0.1, 0.15) is 17.2 Å². The molecule has 3 aromatic carbocycles. The summed E-state index contributed by atoms with van der Waals surface area (Å²) in [5.41, 5.74) is 2.50. The first-order valence-electron chi connectivity index (χ1n) is 9.72. The Labute approximate surface area is 186 Å². The normalized spacial score (nSPS) is 12.5. The topological polar surface area (TPSA) is 103 Å². The molecule has 32 heavy (non-hydrogen) atoms. The predicted octanol–water partition coefficient (Wildman–Crippen LogP) is 4.31. The highest BCUT2D eigenvalue weighted by Gasteiger charge is 2.22. The van der Waals surface area contributed by atoms with Gasteiger partial charge in [-0.15, -0.1) is 0 Å². The first kappa shape index (κ1) is 21.5. The molecule has 8 nitrogen and oxygen atoms in total. The van der Waals surface area contributed by atoms with Crippen molar-refractivity contribution >= 4 is 27.3 Å². The molecule has 0 aliphatic carbocycles. The minimum atomic E-state index is -3.78. The summed E-state index contributed by atoms with van der Waals surface area (Å²) in [6.07, 6.45) is 0. The molecule has 3 aromatic rings. The molecule has 0 fully saturated rings. The molecule has 0 unspecified atom stereocenters. The van der Waals surface area contributed by atoms with Crippen LogP contribution in [-0.4, -0.2) is 28.5 Å². The molecule has 0 spiro atoms. The van der Waals surface area contributed by atoms with Gasteiger partial charge in [-0.1, -0.05) is 6.07 Å². The summed E-state index contributed by atoms with van der Waals surface area (Å²) in [5.74, 6) is 1.15. The van der Waals surface area contributed by atoms with Crippen molar-refractivity contribution < 1.29 is 27.4 Å². The maximum atomic E-state index is 12.8. The van der Waals surface area contributed by atoms with Gasteiger partial charge in [-0.3, -0.25) is 9.52 Å². The maximum absolute atomic E-state index is 12.8. The van der Waals surface area contributed by atoms with Crippen LogP contribution in [-0.2, 0) is 15.8 Å². The third kappa shape index (κ3) is 4.62. The number of sulfonamides is 1. The zero-order valence-electron chi connectivity index (χ0n) is 17.8. The molecule has 1 aliphatic heterocycles. The third-order valence-electron chi connectivity index (χ3n) is 4.87. The van der Waals surface area contributed by atoms with E-state index in [2.05, 4.69) is 10.0 Å². The van der Waals surface area contributed by atoms with Gasteiger partial charge in [0.05, 0.1) is 31.2 Å². The maximum Gasteiger partial charge on any atom is 0.259 e. The summed E-state index contributed by atoms with van der Waals surface area (Å²) in [4.78, 5) is 12.7. The van der Waals surface area contributed by atoms with E-state index in [1.165, 1.54) is 20.3 Å². The SMILES string of the molecule is COc1cc(CS(=O)(=O)Nc2ccc3c(c2)C(=O)Nc2cc(C)ccc2O3)cc(OC)c1. The highest BCUT2D eigenvalue weighted by molar-refractivity contribution is 7.91. The van der Waals surface area contributed by atoms with E-state index in [4.69, 9.17) is 14.2 Å². The molecule has 166 valence electrons. The first-order chi connectivity index (χ1) is 15.3. The largest absolute Gasteiger partial charge is 0.497 e. The number of nitrogens with one attached hydrogen (secondary N) is 2. The standard InChI is InChI=1S/C23H22N2O6S/c1-14-4-6-22-20(8-14)24-23(26)19-11-16(5-7-21(19)31-22)25-32(27,28)13-15-9-17(29-2)12-18(10-15)30-3/h4-12,25H,13H2,1-3H3,(H,24,26). The van der Waals surface area contributed by atoms with E-state index < -0.39 is 10.0 Å². The van der Waals surface area contributed by atoms with Gasteiger partial charge in [0, 0.05) is 11.8 Å². The highest BCUT2D eigenvalue weighted by atomic mass is 32.2. The highest BCUT2D eigenvalue weighted by Crippen LogP contribution is 2.37. The molecule has 0 bridgehead atoms. The van der Waals surface area contributed by atoms with Crippen LogP contribution in [0.15, 0.2) is 54.6 Å². The number of carbonyl (C=O) groups is 1. The first-order valence-corrected chi connectivity index (χ1v) is 11.4. The summed E-state index contributed by atoms with van der Waals surface area (Å²) >= 11 is 0. The van der Waals surface area contributed by atoms with Crippen molar-refractivity contribution in [1.29, 1.82) is 0 Å². The lowest BCUT2D eigenvalue weighted by molar-refractivity contribution is 0.102. The molecule has 0 aromatic heterocycles. The van der Waals surface area contributed by atoms with Crippen molar-refractivity contribution in [3.8, 4) is 23.0 Å². The van der Waals surface area contributed by atoms with Crippen molar-refractivity contribution in [2.24, 2.45) is 0 Å². The quantitative estimate of drug-likeness (QED) is 0.575. The second-order valence-electron chi connectivity index (χ2n) is 7.35. The molecule has 0 saturated carbocycles. The van der Waals surface area contributed by atoms with Gasteiger partial charge in [0.15, 0.2) is 5.75 Å². The Morgan fingerprint density at radius 1 is 0.938 bits per heavy atom. The molecule has 2 N–H and O–H groups in total. The number of ether oxygens (including phenoxy) is 3. The van der Waals surface area contributed by atoms with Gasteiger partial charge in [0.25, 0.3) is 5.91 Å². The van der Waals surface area contributed by atoms with Crippen molar-refractivity contribution in [3.05, 3.63) is 71.3 Å². The minimum absolute atomic E-state index is 0.224. The number of methoxy groups -OCH3 is 2. The Kier molecular flexibility index (Phi) is 5.67. The number of rotatable bonds is 6. The molecule has 0 saturated heterocycles. The number of anilines is 2. The fraction of sp³-hybridized carbons (Fsp3) is 0.174. The number of hydrogen-bond donors (Lipinski definition) is 2. The van der Waals surface area contributed by atoms with Gasteiger partial charge in [-0.05, 0) is 60.5 Å². The number of amides is 1. The van der Waals surface area contributed by atoms with Crippen LogP contribution in [0.5, 0.6) is 23.0 Å². The smallest absolute Gasteiger partial charge is 0.259 e. The van der Waals surface area contributed by atoms with E-state index in [0.717, 1.165) is 5.56 Å². The molecular formula is C23H22N2O6S. The van der Waals surface area contributed by atoms with E-state index in [-0.39, 0.29) is 22.9 Å². The second kappa shape index (κ2) is 8.43. The molecular weight excluding hydrogens is 432 g/mol. The van der Waals surface area contributed by atoms with Crippen molar-refractivity contribution in [2.45, 2.75) is 12.7 Å². The zero-order chi connectivity index (χ0) is 22.9. The zero-order valence-corrected chi connectivity index (χ0v) is 18.6. The molecule has 9 heteroatoms. The summed E-state index contributed by atoms with van der Waals surface area (Å²) < 4.78 is 44.3. The lowest BCUT2D eigenvalue weighted by Gasteiger charge is -2.12. The Balaban J connectivity index is 1.58. The van der Waals surface area contributed by atoms with Gasteiger partial charge >= 0.3 is 0 Å². The second-order valence-corrected chi connectivity index (χ2v) is 9.07. The number of fused-ring (bicyclic) bond motifs is 2. The van der Waals surface area contributed by atoms with E-state index in [1.54, 1.807) is 36.4 Å². The van der Waals surface area contributed by atoms with Crippen LogP contribution in [0.3, 0.4) is 0 Å². The number of hydrogen-bond acceptors (Lipinski definition) is 6. The van der Waals surface area contributed by atoms with Crippen LogP contribution in [0.25, 0.3) is 0 Å². The Hall–Kier alpha value is -3.72. The number of carbonyl (C=O) groups excluding carboxylic acids is 1. The Bertz CT molecular complexity index is 1280. The lowest BCUT2D eigenvalue weighted by atomic mass is 10.1. The molecule has 1 heterocycles. The van der Waals surface area contributed by atoms with Crippen molar-refractivity contribution in [2.75, 3.05) is 24.3 Å². The summed E-state index contributed by atoms with van der Waals surface area (Å²) in [7, 11) is -0.796. The van der Waals surface area contributed by atoms with E-state index in [0.29, 0.717) is 34.2 Å². The van der Waals surface area contributed by atoms with Crippen LogP contribution in [0.2, 0.25) is 0 Å². The molecule has 1 aliphatic rings. The van der Waals surface area contributed by atoms with Crippen LogP contribution in [0.4, 0.5) is 11.4 Å². The van der Waals surface area contributed by atoms with Crippen LogP contribution < -0.4 is 24.2 Å². The predicted molar refractivity (Wildman–Crippen MR) is 121 cm³/mol. The average molecular weight is 455 g/mol. The van der Waals surface area contributed by atoms with E-state index >= 15 is 0 Å². The summed E-state index contributed by atoms with van der Waals surface area (Å²) in [6.45, 7) is 1.91. The van der Waals surface area contributed by atoms with E-state index in [1.807, 2.05) is 19.1 Å².